The summed E-state index contributed by atoms with van der Waals surface area (Å²) in [7, 11) is 0. The molecule has 1 fully saturated rings. The molecule has 168 valence electrons. The molecule has 1 atom stereocenters. The van der Waals surface area contributed by atoms with Crippen molar-refractivity contribution in [2.45, 2.75) is 32.5 Å². The average molecular weight is 442 g/mol. The highest BCUT2D eigenvalue weighted by Gasteiger charge is 2.49. The molecule has 1 N–H and O–H groups in total. The van der Waals surface area contributed by atoms with Crippen molar-refractivity contribution >= 4 is 17.8 Å². The highest BCUT2D eigenvalue weighted by Crippen LogP contribution is 2.29. The van der Waals surface area contributed by atoms with Crippen LogP contribution in [0.1, 0.15) is 29.2 Å². The number of carbonyl (C=O) groups is 3. The van der Waals surface area contributed by atoms with Crippen molar-refractivity contribution in [1.29, 1.82) is 0 Å². The van der Waals surface area contributed by atoms with Gasteiger partial charge in [0.1, 0.15) is 12.1 Å². The van der Waals surface area contributed by atoms with E-state index in [9.17, 15) is 14.4 Å². The zero-order valence-corrected chi connectivity index (χ0v) is 18.8. The molecule has 33 heavy (non-hydrogen) atoms. The Bertz CT molecular complexity index is 1100. The van der Waals surface area contributed by atoms with Gasteiger partial charge in [-0.2, -0.15) is 0 Å². The molecule has 0 aliphatic carbocycles. The van der Waals surface area contributed by atoms with Gasteiger partial charge in [0.15, 0.2) is 0 Å². The van der Waals surface area contributed by atoms with Crippen molar-refractivity contribution in [2.75, 3.05) is 6.54 Å². The lowest BCUT2D eigenvalue weighted by Gasteiger charge is -2.26. The molecule has 1 aliphatic heterocycles. The van der Waals surface area contributed by atoms with Gasteiger partial charge in [-0.15, -0.1) is 0 Å². The zero-order valence-electron chi connectivity index (χ0n) is 18.8. The maximum absolute atomic E-state index is 13.3. The number of nitrogens with zero attached hydrogens (tertiary/aromatic N) is 2. The lowest BCUT2D eigenvalue weighted by molar-refractivity contribution is -0.139. The number of urea groups is 1. The lowest BCUT2D eigenvalue weighted by Crippen LogP contribution is -2.44. The summed E-state index contributed by atoms with van der Waals surface area (Å²) in [6.45, 7) is 4.08. The Morgan fingerprint density at radius 2 is 1.36 bits per heavy atom. The summed E-state index contributed by atoms with van der Waals surface area (Å²) in [4.78, 5) is 42.0. The fraction of sp³-hybridized carbons (Fsp3) is 0.222. The number of hydrogen-bond acceptors (Lipinski definition) is 3. The lowest BCUT2D eigenvalue weighted by atomic mass is 9.91. The number of rotatable bonds is 7. The number of carbonyl (C=O) groups excluding carboxylic acids is 3. The van der Waals surface area contributed by atoms with Crippen LogP contribution in [0.3, 0.4) is 0 Å². The van der Waals surface area contributed by atoms with E-state index in [1.807, 2.05) is 91.9 Å². The van der Waals surface area contributed by atoms with Crippen molar-refractivity contribution in [2.24, 2.45) is 0 Å². The first-order chi connectivity index (χ1) is 15.9. The Labute approximate surface area is 193 Å². The zero-order chi connectivity index (χ0) is 23.4. The maximum atomic E-state index is 13.3. The molecule has 4 amide bonds. The Morgan fingerprint density at radius 3 is 1.88 bits per heavy atom. The van der Waals surface area contributed by atoms with Gasteiger partial charge in [-0.05, 0) is 30.5 Å². The molecule has 3 aromatic rings. The average Bonchev–Trinajstić information content (AvgIpc) is 3.04. The minimum absolute atomic E-state index is 0.292. The molecule has 0 bridgehead atoms. The van der Waals surface area contributed by atoms with Gasteiger partial charge in [-0.1, -0.05) is 90.5 Å². The quantitative estimate of drug-likeness (QED) is 0.564. The second kappa shape index (κ2) is 9.28. The van der Waals surface area contributed by atoms with Crippen LogP contribution in [0.4, 0.5) is 4.79 Å². The Hall–Kier alpha value is -3.93. The van der Waals surface area contributed by atoms with Crippen LogP contribution in [-0.2, 0) is 28.2 Å². The van der Waals surface area contributed by atoms with Gasteiger partial charge in [-0.25, -0.2) is 4.79 Å². The van der Waals surface area contributed by atoms with Crippen molar-refractivity contribution in [3.63, 3.8) is 0 Å². The van der Waals surface area contributed by atoms with E-state index in [2.05, 4.69) is 5.32 Å². The van der Waals surface area contributed by atoms with Crippen molar-refractivity contribution in [1.82, 2.24) is 15.1 Å². The number of aryl methyl sites for hydroxylation is 1. The van der Waals surface area contributed by atoms with E-state index in [0.29, 0.717) is 18.7 Å². The minimum atomic E-state index is -1.20. The predicted octanol–water partition coefficient (Wildman–Crippen LogP) is 3.99. The molecule has 0 unspecified atom stereocenters. The van der Waals surface area contributed by atoms with E-state index < -0.39 is 17.5 Å². The van der Waals surface area contributed by atoms with E-state index in [1.54, 1.807) is 11.8 Å². The van der Waals surface area contributed by atoms with E-state index >= 15 is 0 Å². The first kappa shape index (κ1) is 22.3. The van der Waals surface area contributed by atoms with Gasteiger partial charge in [0.25, 0.3) is 5.91 Å². The van der Waals surface area contributed by atoms with Gasteiger partial charge >= 0.3 is 6.03 Å². The molecular formula is C27H27N3O3. The van der Waals surface area contributed by atoms with E-state index in [0.717, 1.165) is 21.6 Å². The summed E-state index contributed by atoms with van der Waals surface area (Å²) >= 11 is 0. The highest BCUT2D eigenvalue weighted by molar-refractivity contribution is 6.09. The molecule has 0 aromatic heterocycles. The number of hydrogen-bond donors (Lipinski definition) is 1. The fourth-order valence-corrected chi connectivity index (χ4v) is 4.00. The summed E-state index contributed by atoms with van der Waals surface area (Å²) in [6.07, 6.45) is 0. The summed E-state index contributed by atoms with van der Waals surface area (Å²) in [6, 6.07) is 26.2. The van der Waals surface area contributed by atoms with E-state index in [4.69, 9.17) is 0 Å². The van der Waals surface area contributed by atoms with Crippen LogP contribution >= 0.6 is 0 Å². The smallest absolute Gasteiger partial charge is 0.325 e. The van der Waals surface area contributed by atoms with Crippen LogP contribution in [-0.4, -0.2) is 34.2 Å². The van der Waals surface area contributed by atoms with Crippen molar-refractivity contribution in [3.05, 3.63) is 107 Å². The SMILES string of the molecule is Cc1ccc([C@]2(C)NC(=O)N(CC(=O)N(Cc3ccccc3)Cc3ccccc3)C2=O)cc1. The first-order valence-electron chi connectivity index (χ1n) is 10.9. The van der Waals surface area contributed by atoms with Crippen LogP contribution in [0.5, 0.6) is 0 Å². The summed E-state index contributed by atoms with van der Waals surface area (Å²) in [5.41, 5.74) is 2.50. The Balaban J connectivity index is 1.54. The Morgan fingerprint density at radius 1 is 0.848 bits per heavy atom. The number of amides is 4. The standard InChI is InChI=1S/C27H27N3O3/c1-20-13-15-23(16-14-20)27(2)25(32)30(26(33)28-27)19-24(31)29(17-21-9-5-3-6-10-21)18-22-11-7-4-8-12-22/h3-16H,17-19H2,1-2H3,(H,28,33)/t27-/m0/s1. The van der Waals surface area contributed by atoms with Gasteiger partial charge in [0.2, 0.25) is 5.91 Å². The summed E-state index contributed by atoms with van der Waals surface area (Å²) in [5.74, 6) is -0.719. The first-order valence-corrected chi connectivity index (χ1v) is 10.9. The van der Waals surface area contributed by atoms with Crippen molar-refractivity contribution in [3.8, 4) is 0 Å². The minimum Gasteiger partial charge on any atom is -0.332 e. The predicted molar refractivity (Wildman–Crippen MR) is 126 cm³/mol. The summed E-state index contributed by atoms with van der Waals surface area (Å²) in [5, 5.41) is 2.78. The van der Waals surface area contributed by atoms with Crippen LogP contribution < -0.4 is 5.32 Å². The van der Waals surface area contributed by atoms with Crippen LogP contribution in [0.15, 0.2) is 84.9 Å². The molecule has 1 heterocycles. The molecule has 6 nitrogen and oxygen atoms in total. The van der Waals surface area contributed by atoms with Crippen molar-refractivity contribution < 1.29 is 14.4 Å². The maximum Gasteiger partial charge on any atom is 0.325 e. The number of nitrogens with one attached hydrogen (secondary N) is 1. The molecule has 3 aromatic carbocycles. The molecular weight excluding hydrogens is 414 g/mol. The van der Waals surface area contributed by atoms with Gasteiger partial charge in [0.05, 0.1) is 0 Å². The number of benzene rings is 3. The van der Waals surface area contributed by atoms with Crippen LogP contribution in [0.2, 0.25) is 0 Å². The second-order valence-electron chi connectivity index (χ2n) is 8.53. The normalized spacial score (nSPS) is 17.7. The van der Waals surface area contributed by atoms with Crippen LogP contribution in [0, 0.1) is 6.92 Å². The van der Waals surface area contributed by atoms with Gasteiger partial charge in [0, 0.05) is 13.1 Å². The molecule has 0 saturated carbocycles. The third kappa shape index (κ3) is 4.80. The summed E-state index contributed by atoms with van der Waals surface area (Å²) < 4.78 is 0. The highest BCUT2D eigenvalue weighted by atomic mass is 16.2. The third-order valence-electron chi connectivity index (χ3n) is 5.98. The molecule has 1 aliphatic rings. The molecule has 4 rings (SSSR count). The van der Waals surface area contributed by atoms with Gasteiger partial charge in [-0.3, -0.25) is 14.5 Å². The van der Waals surface area contributed by atoms with Crippen LogP contribution in [0.25, 0.3) is 0 Å². The fourth-order valence-electron chi connectivity index (χ4n) is 4.00. The second-order valence-corrected chi connectivity index (χ2v) is 8.53. The molecule has 6 heteroatoms. The van der Waals surface area contributed by atoms with E-state index in [-0.39, 0.29) is 12.5 Å². The molecule has 0 spiro atoms. The largest absolute Gasteiger partial charge is 0.332 e. The number of imide groups is 1. The monoisotopic (exact) mass is 441 g/mol. The van der Waals surface area contributed by atoms with E-state index in [1.165, 1.54) is 0 Å². The molecule has 0 radical (unpaired) electrons. The topological polar surface area (TPSA) is 69.7 Å². The third-order valence-corrected chi connectivity index (χ3v) is 5.98. The molecule has 1 saturated heterocycles. The van der Waals surface area contributed by atoms with Gasteiger partial charge < -0.3 is 10.2 Å². The Kier molecular flexibility index (Phi) is 6.27.